The Morgan fingerprint density at radius 2 is 2.00 bits per heavy atom. The molecule has 0 spiro atoms. The third kappa shape index (κ3) is 4.04. The predicted octanol–water partition coefficient (Wildman–Crippen LogP) is 3.78. The van der Waals surface area contributed by atoms with Crippen LogP contribution in [-0.4, -0.2) is 21.2 Å². The third-order valence-electron chi connectivity index (χ3n) is 2.66. The summed E-state index contributed by atoms with van der Waals surface area (Å²) in [5.74, 6) is -0.318. The maximum absolute atomic E-state index is 12.2. The van der Waals surface area contributed by atoms with Crippen molar-refractivity contribution in [3.05, 3.63) is 48.6 Å². The van der Waals surface area contributed by atoms with Gasteiger partial charge in [0.2, 0.25) is 0 Å². The Hall–Kier alpha value is -0.990. The smallest absolute Gasteiger partial charge is 0.259 e. The molecular formula is C14H17Cl2NO. The van der Waals surface area contributed by atoms with E-state index in [9.17, 15) is 4.79 Å². The Labute approximate surface area is 118 Å². The summed E-state index contributed by atoms with van der Waals surface area (Å²) in [4.78, 5) is 13.8. The van der Waals surface area contributed by atoms with E-state index in [0.29, 0.717) is 6.54 Å². The lowest BCUT2D eigenvalue weighted by Crippen LogP contribution is -2.44. The minimum absolute atomic E-state index is 0.130. The van der Waals surface area contributed by atoms with Crippen molar-refractivity contribution in [1.29, 1.82) is 0 Å². The lowest BCUT2D eigenvalue weighted by atomic mass is 10.1. The van der Waals surface area contributed by atoms with Crippen molar-refractivity contribution in [2.24, 2.45) is 0 Å². The molecule has 0 saturated heterocycles. The number of hydrogen-bond donors (Lipinski definition) is 0. The number of nitrogens with zero attached hydrogens (tertiary/aromatic N) is 1. The van der Waals surface area contributed by atoms with Gasteiger partial charge in [-0.3, -0.25) is 4.79 Å². The lowest BCUT2D eigenvalue weighted by molar-refractivity contribution is -0.133. The van der Waals surface area contributed by atoms with Crippen molar-refractivity contribution in [1.82, 2.24) is 4.90 Å². The molecule has 0 saturated carbocycles. The molecule has 1 amide bonds. The molecule has 0 fully saturated rings. The molecule has 0 radical (unpaired) electrons. The van der Waals surface area contributed by atoms with Gasteiger partial charge >= 0.3 is 0 Å². The molecule has 0 aliphatic rings. The molecule has 98 valence electrons. The van der Waals surface area contributed by atoms with Crippen LogP contribution in [0.15, 0.2) is 43.0 Å². The third-order valence-corrected chi connectivity index (χ3v) is 2.99. The number of benzene rings is 1. The van der Waals surface area contributed by atoms with Crippen LogP contribution in [0.4, 0.5) is 0 Å². The summed E-state index contributed by atoms with van der Waals surface area (Å²) in [6.07, 6.45) is 1.69. The molecular weight excluding hydrogens is 269 g/mol. The molecule has 0 aliphatic heterocycles. The van der Waals surface area contributed by atoms with E-state index in [1.54, 1.807) is 11.0 Å². The quantitative estimate of drug-likeness (QED) is 0.596. The van der Waals surface area contributed by atoms with Crippen LogP contribution in [0.1, 0.15) is 19.4 Å². The lowest BCUT2D eigenvalue weighted by Gasteiger charge is -2.31. The van der Waals surface area contributed by atoms with Crippen molar-refractivity contribution < 1.29 is 4.79 Å². The van der Waals surface area contributed by atoms with E-state index >= 15 is 0 Å². The maximum atomic E-state index is 12.2. The fraction of sp³-hybridized carbons (Fsp3) is 0.357. The van der Waals surface area contributed by atoms with Crippen molar-refractivity contribution >= 4 is 29.1 Å². The molecule has 0 heterocycles. The highest BCUT2D eigenvalue weighted by atomic mass is 35.5. The highest BCUT2D eigenvalue weighted by molar-refractivity contribution is 6.57. The molecule has 1 aromatic rings. The molecule has 4 heteroatoms. The highest BCUT2D eigenvalue weighted by Crippen LogP contribution is 2.25. The molecule has 0 aromatic heterocycles. The summed E-state index contributed by atoms with van der Waals surface area (Å²) in [5.41, 5.74) is 1.03. The van der Waals surface area contributed by atoms with E-state index in [-0.39, 0.29) is 11.9 Å². The van der Waals surface area contributed by atoms with Crippen molar-refractivity contribution in [3.8, 4) is 0 Å². The topological polar surface area (TPSA) is 20.3 Å². The van der Waals surface area contributed by atoms with E-state index in [2.05, 4.69) is 6.58 Å². The van der Waals surface area contributed by atoms with Gasteiger partial charge in [0.05, 0.1) is 0 Å². The molecule has 0 aliphatic carbocycles. The van der Waals surface area contributed by atoms with Crippen LogP contribution in [-0.2, 0) is 11.3 Å². The SMILES string of the molecule is C=CC(C)N(Cc1ccccc1)C(=O)C(C)(Cl)Cl. The molecule has 2 nitrogen and oxygen atoms in total. The number of carbonyl (C=O) groups is 1. The summed E-state index contributed by atoms with van der Waals surface area (Å²) >= 11 is 11.8. The molecule has 18 heavy (non-hydrogen) atoms. The van der Waals surface area contributed by atoms with Gasteiger partial charge < -0.3 is 4.90 Å². The van der Waals surface area contributed by atoms with Gasteiger partial charge in [0.15, 0.2) is 4.33 Å². The van der Waals surface area contributed by atoms with Gasteiger partial charge in [0, 0.05) is 12.6 Å². The first-order valence-electron chi connectivity index (χ1n) is 5.71. The fourth-order valence-electron chi connectivity index (χ4n) is 1.56. The zero-order valence-electron chi connectivity index (χ0n) is 10.6. The van der Waals surface area contributed by atoms with Crippen LogP contribution in [0.3, 0.4) is 0 Å². The molecule has 1 aromatic carbocycles. The van der Waals surface area contributed by atoms with E-state index in [0.717, 1.165) is 5.56 Å². The first kappa shape index (κ1) is 15.1. The van der Waals surface area contributed by atoms with E-state index in [1.807, 2.05) is 37.3 Å². The second-order valence-corrected chi connectivity index (χ2v) is 5.99. The Kier molecular flexibility index (Phi) is 5.24. The second kappa shape index (κ2) is 6.26. The van der Waals surface area contributed by atoms with Gasteiger partial charge in [0.25, 0.3) is 5.91 Å². The Balaban J connectivity index is 2.93. The van der Waals surface area contributed by atoms with E-state index in [4.69, 9.17) is 23.2 Å². The normalized spacial score (nSPS) is 12.9. The van der Waals surface area contributed by atoms with Crippen molar-refractivity contribution in [2.45, 2.75) is 30.8 Å². The second-order valence-electron chi connectivity index (χ2n) is 4.28. The highest BCUT2D eigenvalue weighted by Gasteiger charge is 2.33. The predicted molar refractivity (Wildman–Crippen MR) is 76.8 cm³/mol. The monoisotopic (exact) mass is 285 g/mol. The summed E-state index contributed by atoms with van der Waals surface area (Å²) in [7, 11) is 0. The first-order chi connectivity index (χ1) is 8.36. The maximum Gasteiger partial charge on any atom is 0.259 e. The van der Waals surface area contributed by atoms with Crippen LogP contribution in [0, 0.1) is 0 Å². The number of hydrogen-bond acceptors (Lipinski definition) is 1. The standard InChI is InChI=1S/C14H17Cl2NO/c1-4-11(2)17(13(18)14(3,15)16)10-12-8-6-5-7-9-12/h4-9,11H,1,10H2,2-3H3. The number of carbonyl (C=O) groups excluding carboxylic acids is 1. The zero-order chi connectivity index (χ0) is 13.8. The van der Waals surface area contributed by atoms with Gasteiger partial charge in [-0.25, -0.2) is 0 Å². The van der Waals surface area contributed by atoms with Crippen LogP contribution in [0.2, 0.25) is 0 Å². The Morgan fingerprint density at radius 3 is 2.44 bits per heavy atom. The molecule has 0 N–H and O–H groups in total. The molecule has 1 unspecified atom stereocenters. The fourth-order valence-corrected chi connectivity index (χ4v) is 1.78. The first-order valence-corrected chi connectivity index (χ1v) is 6.47. The van der Waals surface area contributed by atoms with E-state index in [1.165, 1.54) is 6.92 Å². The largest absolute Gasteiger partial charge is 0.330 e. The number of rotatable bonds is 5. The van der Waals surface area contributed by atoms with Crippen LogP contribution < -0.4 is 0 Å². The zero-order valence-corrected chi connectivity index (χ0v) is 12.1. The van der Waals surface area contributed by atoms with Gasteiger partial charge in [-0.05, 0) is 19.4 Å². The number of amides is 1. The summed E-state index contributed by atoms with van der Waals surface area (Å²) < 4.78 is -1.42. The average Bonchev–Trinajstić information content (AvgIpc) is 2.34. The van der Waals surface area contributed by atoms with E-state index < -0.39 is 4.33 Å². The summed E-state index contributed by atoms with van der Waals surface area (Å²) in [6.45, 7) is 7.53. The Morgan fingerprint density at radius 1 is 1.44 bits per heavy atom. The molecule has 0 bridgehead atoms. The minimum Gasteiger partial charge on any atom is -0.330 e. The number of alkyl halides is 2. The minimum atomic E-state index is -1.42. The summed E-state index contributed by atoms with van der Waals surface area (Å²) in [5, 5.41) is 0. The van der Waals surface area contributed by atoms with Crippen LogP contribution >= 0.6 is 23.2 Å². The van der Waals surface area contributed by atoms with Crippen molar-refractivity contribution in [2.75, 3.05) is 0 Å². The molecule has 1 atom stereocenters. The van der Waals surface area contributed by atoms with Crippen molar-refractivity contribution in [3.63, 3.8) is 0 Å². The van der Waals surface area contributed by atoms with Crippen LogP contribution in [0.5, 0.6) is 0 Å². The van der Waals surface area contributed by atoms with Gasteiger partial charge in [0.1, 0.15) is 0 Å². The molecule has 1 rings (SSSR count). The average molecular weight is 286 g/mol. The summed E-state index contributed by atoms with van der Waals surface area (Å²) in [6, 6.07) is 9.56. The van der Waals surface area contributed by atoms with Gasteiger partial charge in [-0.1, -0.05) is 59.6 Å². The van der Waals surface area contributed by atoms with Crippen LogP contribution in [0.25, 0.3) is 0 Å². The Bertz CT molecular complexity index is 412. The number of halogens is 2. The van der Waals surface area contributed by atoms with Gasteiger partial charge in [-0.2, -0.15) is 0 Å². The van der Waals surface area contributed by atoms with Gasteiger partial charge in [-0.15, -0.1) is 6.58 Å².